The minimum atomic E-state index is -1.16. The molecule has 0 bridgehead atoms. The van der Waals surface area contributed by atoms with Crippen molar-refractivity contribution in [3.8, 4) is 0 Å². The molecule has 0 amide bonds. The number of aliphatic hydroxyl groups is 1. The van der Waals surface area contributed by atoms with E-state index >= 15 is 0 Å². The van der Waals surface area contributed by atoms with Gasteiger partial charge in [0.25, 0.3) is 0 Å². The SMILES string of the molecule is C=C=C(CC(O)c1ccccc1)C[Si](C)(C)C. The Morgan fingerprint density at radius 1 is 1.29 bits per heavy atom. The van der Waals surface area contributed by atoms with Crippen LogP contribution >= 0.6 is 0 Å². The van der Waals surface area contributed by atoms with E-state index in [0.717, 1.165) is 17.2 Å². The van der Waals surface area contributed by atoms with Gasteiger partial charge in [0, 0.05) is 14.5 Å². The molecule has 1 aromatic carbocycles. The zero-order chi connectivity index (χ0) is 12.9. The highest BCUT2D eigenvalue weighted by Gasteiger charge is 2.18. The van der Waals surface area contributed by atoms with Crippen molar-refractivity contribution in [1.82, 2.24) is 0 Å². The third-order valence-electron chi connectivity index (χ3n) is 2.62. The summed E-state index contributed by atoms with van der Waals surface area (Å²) >= 11 is 0. The Labute approximate surface area is 106 Å². The standard InChI is InChI=1S/C15H22OSi/c1-5-13(12-17(2,3)4)11-15(16)14-9-7-6-8-10-14/h6-10,15-16H,1,11-12H2,2-4H3. The second-order valence-electron chi connectivity index (χ2n) is 5.65. The topological polar surface area (TPSA) is 20.2 Å². The summed E-state index contributed by atoms with van der Waals surface area (Å²) in [6, 6.07) is 10.8. The summed E-state index contributed by atoms with van der Waals surface area (Å²) in [7, 11) is -1.16. The molecule has 0 aliphatic carbocycles. The Hall–Kier alpha value is -1.08. The van der Waals surface area contributed by atoms with Gasteiger partial charge in [-0.15, -0.1) is 5.73 Å². The number of rotatable bonds is 5. The fourth-order valence-electron chi connectivity index (χ4n) is 1.87. The van der Waals surface area contributed by atoms with Crippen LogP contribution in [0.5, 0.6) is 0 Å². The van der Waals surface area contributed by atoms with Crippen LogP contribution in [0.25, 0.3) is 0 Å². The van der Waals surface area contributed by atoms with Crippen LogP contribution in [0.3, 0.4) is 0 Å². The first-order chi connectivity index (χ1) is 7.92. The number of benzene rings is 1. The van der Waals surface area contributed by atoms with Gasteiger partial charge in [0.05, 0.1) is 6.10 Å². The maximum Gasteiger partial charge on any atom is 0.0833 e. The van der Waals surface area contributed by atoms with Crippen LogP contribution in [0.4, 0.5) is 0 Å². The van der Waals surface area contributed by atoms with Crippen LogP contribution in [0.1, 0.15) is 18.1 Å². The van der Waals surface area contributed by atoms with Crippen molar-refractivity contribution in [2.45, 2.75) is 38.2 Å². The largest absolute Gasteiger partial charge is 0.388 e. The highest BCUT2D eigenvalue weighted by molar-refractivity contribution is 6.76. The van der Waals surface area contributed by atoms with Crippen LogP contribution in [-0.4, -0.2) is 13.2 Å². The fraction of sp³-hybridized carbons (Fsp3) is 0.400. The van der Waals surface area contributed by atoms with E-state index in [4.69, 9.17) is 0 Å². The van der Waals surface area contributed by atoms with Crippen LogP contribution in [0.2, 0.25) is 25.7 Å². The van der Waals surface area contributed by atoms with Crippen molar-refractivity contribution in [3.63, 3.8) is 0 Å². The summed E-state index contributed by atoms with van der Waals surface area (Å²) in [5, 5.41) is 10.1. The molecule has 0 spiro atoms. The Kier molecular flexibility index (Phi) is 4.95. The molecule has 2 heteroatoms. The first-order valence-corrected chi connectivity index (χ1v) is 9.74. The summed E-state index contributed by atoms with van der Waals surface area (Å²) < 4.78 is 0. The maximum absolute atomic E-state index is 10.1. The van der Waals surface area contributed by atoms with Crippen molar-refractivity contribution >= 4 is 8.07 Å². The molecule has 92 valence electrons. The molecular weight excluding hydrogens is 224 g/mol. The van der Waals surface area contributed by atoms with Crippen LogP contribution < -0.4 is 0 Å². The minimum Gasteiger partial charge on any atom is -0.388 e. The van der Waals surface area contributed by atoms with Gasteiger partial charge in [-0.25, -0.2) is 0 Å². The second-order valence-corrected chi connectivity index (χ2v) is 11.1. The number of aliphatic hydroxyl groups excluding tert-OH is 1. The van der Waals surface area contributed by atoms with Gasteiger partial charge in [-0.3, -0.25) is 0 Å². The molecule has 0 fully saturated rings. The molecule has 0 saturated carbocycles. The quantitative estimate of drug-likeness (QED) is 0.611. The lowest BCUT2D eigenvalue weighted by Crippen LogP contribution is -2.20. The summed E-state index contributed by atoms with van der Waals surface area (Å²) in [4.78, 5) is 0. The third kappa shape index (κ3) is 5.18. The van der Waals surface area contributed by atoms with E-state index in [1.807, 2.05) is 30.3 Å². The third-order valence-corrected chi connectivity index (χ3v) is 4.11. The average molecular weight is 246 g/mol. The van der Waals surface area contributed by atoms with E-state index in [1.54, 1.807) is 0 Å². The summed E-state index contributed by atoms with van der Waals surface area (Å²) in [6.07, 6.45) is 0.217. The van der Waals surface area contributed by atoms with Crippen LogP contribution in [-0.2, 0) is 0 Å². The van der Waals surface area contributed by atoms with E-state index in [0.29, 0.717) is 6.42 Å². The van der Waals surface area contributed by atoms with Crippen molar-refractivity contribution in [3.05, 3.63) is 53.8 Å². The lowest BCUT2D eigenvalue weighted by atomic mass is 10.0. The Balaban J connectivity index is 2.68. The molecule has 0 heterocycles. The van der Waals surface area contributed by atoms with Gasteiger partial charge in [-0.1, -0.05) is 56.6 Å². The zero-order valence-corrected chi connectivity index (χ0v) is 12.0. The first-order valence-electron chi connectivity index (χ1n) is 6.03. The van der Waals surface area contributed by atoms with Crippen molar-refractivity contribution in [1.29, 1.82) is 0 Å². The molecule has 1 unspecified atom stereocenters. The Bertz CT molecular complexity index is 397. The molecule has 17 heavy (non-hydrogen) atoms. The van der Waals surface area contributed by atoms with Crippen molar-refractivity contribution < 1.29 is 5.11 Å². The predicted octanol–water partition coefficient (Wildman–Crippen LogP) is 4.16. The normalized spacial score (nSPS) is 12.9. The minimum absolute atomic E-state index is 0.434. The van der Waals surface area contributed by atoms with Crippen molar-refractivity contribution in [2.75, 3.05) is 0 Å². The fourth-order valence-corrected chi connectivity index (χ4v) is 3.42. The van der Waals surface area contributed by atoms with Gasteiger partial charge in [0.1, 0.15) is 0 Å². The average Bonchev–Trinajstić information content (AvgIpc) is 2.27. The molecule has 0 aliphatic heterocycles. The van der Waals surface area contributed by atoms with Crippen molar-refractivity contribution in [2.24, 2.45) is 0 Å². The lowest BCUT2D eigenvalue weighted by molar-refractivity contribution is 0.178. The van der Waals surface area contributed by atoms with E-state index in [9.17, 15) is 5.11 Å². The van der Waals surface area contributed by atoms with Gasteiger partial charge in [-0.05, 0) is 17.2 Å². The molecule has 0 saturated heterocycles. The summed E-state index contributed by atoms with van der Waals surface area (Å²) in [5.41, 5.74) is 5.12. The summed E-state index contributed by atoms with van der Waals surface area (Å²) in [6.45, 7) is 10.7. The predicted molar refractivity (Wildman–Crippen MR) is 76.8 cm³/mol. The molecule has 1 atom stereocenters. The van der Waals surface area contributed by atoms with Crippen LogP contribution in [0.15, 0.2) is 48.2 Å². The van der Waals surface area contributed by atoms with E-state index < -0.39 is 14.2 Å². The molecule has 1 nitrogen and oxygen atoms in total. The van der Waals surface area contributed by atoms with Gasteiger partial charge < -0.3 is 5.11 Å². The molecule has 1 aromatic rings. The highest BCUT2D eigenvalue weighted by Crippen LogP contribution is 2.25. The molecular formula is C15H22OSi. The number of hydrogen-bond acceptors (Lipinski definition) is 1. The molecule has 0 aromatic heterocycles. The number of hydrogen-bond donors (Lipinski definition) is 1. The summed E-state index contributed by atoms with van der Waals surface area (Å²) in [5.74, 6) is 0. The molecule has 0 aliphatic rings. The van der Waals surface area contributed by atoms with Crippen LogP contribution in [0, 0.1) is 0 Å². The first kappa shape index (κ1) is 14.0. The molecule has 1 N–H and O–H groups in total. The Morgan fingerprint density at radius 3 is 2.35 bits per heavy atom. The van der Waals surface area contributed by atoms with E-state index in [2.05, 4.69) is 32.0 Å². The van der Waals surface area contributed by atoms with Gasteiger partial charge >= 0.3 is 0 Å². The second kappa shape index (κ2) is 6.01. The van der Waals surface area contributed by atoms with Gasteiger partial charge in [0.15, 0.2) is 0 Å². The maximum atomic E-state index is 10.1. The smallest absolute Gasteiger partial charge is 0.0833 e. The molecule has 1 rings (SSSR count). The van der Waals surface area contributed by atoms with E-state index in [1.165, 1.54) is 0 Å². The monoisotopic (exact) mass is 246 g/mol. The zero-order valence-electron chi connectivity index (χ0n) is 11.0. The lowest BCUT2D eigenvalue weighted by Gasteiger charge is -2.19. The van der Waals surface area contributed by atoms with Gasteiger partial charge in [0.2, 0.25) is 0 Å². The van der Waals surface area contributed by atoms with Gasteiger partial charge in [-0.2, -0.15) is 0 Å². The Morgan fingerprint density at radius 2 is 1.88 bits per heavy atom. The molecule has 0 radical (unpaired) electrons. The highest BCUT2D eigenvalue weighted by atomic mass is 28.3. The van der Waals surface area contributed by atoms with E-state index in [-0.39, 0.29) is 0 Å².